The molecule has 0 radical (unpaired) electrons. The number of nitriles is 1. The Morgan fingerprint density at radius 3 is 2.76 bits per heavy atom. The van der Waals surface area contributed by atoms with Gasteiger partial charge in [0.15, 0.2) is 0 Å². The quantitative estimate of drug-likeness (QED) is 0.493. The topological polar surface area (TPSA) is 108 Å². The Bertz CT molecular complexity index is 829. The van der Waals surface area contributed by atoms with Crippen molar-refractivity contribution in [2.75, 3.05) is 4.90 Å². The molecule has 1 aliphatic rings. The molecule has 1 aromatic carbocycles. The molecule has 0 saturated carbocycles. The summed E-state index contributed by atoms with van der Waals surface area (Å²) in [7, 11) is 0. The third-order valence-corrected chi connectivity index (χ3v) is 4.24. The van der Waals surface area contributed by atoms with Gasteiger partial charge in [-0.1, -0.05) is 18.2 Å². The molecule has 0 unspecified atom stereocenters. The van der Waals surface area contributed by atoms with Gasteiger partial charge in [0, 0.05) is 23.6 Å². The molecule has 0 spiro atoms. The minimum absolute atomic E-state index is 0.00902. The number of nitrogens with two attached hydrogens (primary N) is 1. The van der Waals surface area contributed by atoms with Crippen LogP contribution >= 0.6 is 0 Å². The summed E-state index contributed by atoms with van der Waals surface area (Å²) in [5, 5.41) is 20.0. The predicted molar refractivity (Wildman–Crippen MR) is 93.8 cm³/mol. The number of nitrogens with zero attached hydrogens (tertiary/aromatic N) is 4. The van der Waals surface area contributed by atoms with E-state index < -0.39 is 17.7 Å². The van der Waals surface area contributed by atoms with Gasteiger partial charge in [0.2, 0.25) is 12.2 Å². The van der Waals surface area contributed by atoms with E-state index in [-0.39, 0.29) is 5.96 Å². The Hall–Kier alpha value is -3.11. The number of fused-ring (bicyclic) bond motifs is 1. The van der Waals surface area contributed by atoms with Crippen molar-refractivity contribution in [1.82, 2.24) is 4.98 Å². The lowest BCUT2D eigenvalue weighted by atomic mass is 9.86. The van der Waals surface area contributed by atoms with E-state index >= 15 is 0 Å². The third kappa shape index (κ3) is 2.99. The molecule has 3 rings (SSSR count). The van der Waals surface area contributed by atoms with Crippen LogP contribution in [-0.2, 0) is 0 Å². The largest absolute Gasteiger partial charge is 0.485 e. The van der Waals surface area contributed by atoms with Crippen LogP contribution in [0.4, 0.5) is 5.69 Å². The van der Waals surface area contributed by atoms with Crippen LogP contribution in [0.5, 0.6) is 5.75 Å². The highest BCUT2D eigenvalue weighted by Crippen LogP contribution is 2.43. The van der Waals surface area contributed by atoms with Crippen molar-refractivity contribution in [2.45, 2.75) is 31.6 Å². The maximum absolute atomic E-state index is 11.0. The van der Waals surface area contributed by atoms with Crippen LogP contribution in [0.1, 0.15) is 25.5 Å². The number of anilines is 1. The zero-order valence-electron chi connectivity index (χ0n) is 14.0. The molecule has 2 atom stereocenters. The Balaban J connectivity index is 2.21. The fraction of sp³-hybridized carbons (Fsp3) is 0.278. The summed E-state index contributed by atoms with van der Waals surface area (Å²) in [6.45, 7) is 3.60. The van der Waals surface area contributed by atoms with Crippen molar-refractivity contribution in [3.63, 3.8) is 0 Å². The molecule has 0 saturated heterocycles. The number of benzene rings is 1. The van der Waals surface area contributed by atoms with Gasteiger partial charge in [-0.15, -0.1) is 4.99 Å². The smallest absolute Gasteiger partial charge is 0.212 e. The molecule has 1 aromatic heterocycles. The van der Waals surface area contributed by atoms with Crippen molar-refractivity contribution in [3.8, 4) is 11.9 Å². The van der Waals surface area contributed by atoms with Crippen molar-refractivity contribution in [1.29, 1.82) is 5.26 Å². The first kappa shape index (κ1) is 16.7. The second-order valence-electron chi connectivity index (χ2n) is 6.28. The van der Waals surface area contributed by atoms with E-state index in [0.29, 0.717) is 17.0 Å². The van der Waals surface area contributed by atoms with Gasteiger partial charge in [-0.3, -0.25) is 4.98 Å². The van der Waals surface area contributed by atoms with E-state index in [9.17, 15) is 5.11 Å². The summed E-state index contributed by atoms with van der Waals surface area (Å²) < 4.78 is 5.93. The number of aromatic nitrogens is 1. The highest BCUT2D eigenvalue weighted by atomic mass is 16.5. The molecule has 0 amide bonds. The molecule has 3 N–H and O–H groups in total. The first-order valence-corrected chi connectivity index (χ1v) is 7.83. The normalized spacial score (nSPS) is 21.6. The van der Waals surface area contributed by atoms with E-state index in [4.69, 9.17) is 15.7 Å². The van der Waals surface area contributed by atoms with Crippen LogP contribution in [0.3, 0.4) is 0 Å². The SMILES string of the molecule is CC1(C)Oc2ccncc2[C@@H](N(C(N)=NC#N)c2ccccc2)[C@@H]1O. The highest BCUT2D eigenvalue weighted by molar-refractivity contribution is 5.96. The Kier molecular flexibility index (Phi) is 4.30. The average molecular weight is 337 g/mol. The summed E-state index contributed by atoms with van der Waals surface area (Å²) in [5.41, 5.74) is 6.60. The van der Waals surface area contributed by atoms with Gasteiger partial charge in [0.1, 0.15) is 17.5 Å². The van der Waals surface area contributed by atoms with Crippen molar-refractivity contribution in [3.05, 3.63) is 54.4 Å². The summed E-state index contributed by atoms with van der Waals surface area (Å²) in [6, 6.07) is 10.4. The van der Waals surface area contributed by atoms with E-state index in [1.54, 1.807) is 43.4 Å². The van der Waals surface area contributed by atoms with Crippen LogP contribution in [0.25, 0.3) is 0 Å². The molecule has 0 aliphatic carbocycles. The minimum Gasteiger partial charge on any atom is -0.485 e. The molecule has 25 heavy (non-hydrogen) atoms. The summed E-state index contributed by atoms with van der Waals surface area (Å²) in [6.07, 6.45) is 4.04. The molecule has 2 aromatic rings. The van der Waals surface area contributed by atoms with Crippen LogP contribution in [-0.4, -0.2) is 27.8 Å². The number of guanidine groups is 1. The minimum atomic E-state index is -0.933. The number of aliphatic hydroxyl groups is 1. The first-order chi connectivity index (χ1) is 12.0. The first-order valence-electron chi connectivity index (χ1n) is 7.83. The van der Waals surface area contributed by atoms with Crippen LogP contribution in [0, 0.1) is 11.5 Å². The molecule has 7 heteroatoms. The number of aliphatic hydroxyl groups excluding tert-OH is 1. The monoisotopic (exact) mass is 337 g/mol. The van der Waals surface area contributed by atoms with Gasteiger partial charge in [-0.05, 0) is 32.0 Å². The summed E-state index contributed by atoms with van der Waals surface area (Å²) >= 11 is 0. The molecule has 0 bridgehead atoms. The number of aliphatic imine (C=N–C) groups is 1. The zero-order valence-corrected chi connectivity index (χ0v) is 14.0. The van der Waals surface area contributed by atoms with Gasteiger partial charge < -0.3 is 20.5 Å². The summed E-state index contributed by atoms with van der Waals surface area (Å²) in [4.78, 5) is 9.47. The number of hydrogen-bond acceptors (Lipinski definition) is 5. The number of ether oxygens (including phenoxy) is 1. The maximum Gasteiger partial charge on any atom is 0.212 e. The number of hydrogen-bond donors (Lipinski definition) is 2. The maximum atomic E-state index is 11.0. The Labute approximate surface area is 146 Å². The van der Waals surface area contributed by atoms with Crippen LogP contribution in [0.2, 0.25) is 0 Å². The second-order valence-corrected chi connectivity index (χ2v) is 6.28. The lowest BCUT2D eigenvalue weighted by Crippen LogP contribution is -2.56. The fourth-order valence-electron chi connectivity index (χ4n) is 3.01. The van der Waals surface area contributed by atoms with Crippen LogP contribution < -0.4 is 15.4 Å². The standard InChI is InChI=1S/C18H19N5O2/c1-18(2)16(24)15(13-10-21-9-8-14(13)25-18)23(17(20)22-11-19)12-6-4-3-5-7-12/h3-10,15-16,24H,1-2H3,(H2,20,22)/t15-,16+/m1/s1. The average Bonchev–Trinajstić information content (AvgIpc) is 2.59. The molecule has 128 valence electrons. The predicted octanol–water partition coefficient (Wildman–Crippen LogP) is 1.96. The molecule has 0 fully saturated rings. The molecule has 2 heterocycles. The zero-order chi connectivity index (χ0) is 18.0. The van der Waals surface area contributed by atoms with E-state index in [2.05, 4.69) is 9.98 Å². The molecule has 7 nitrogen and oxygen atoms in total. The van der Waals surface area contributed by atoms with Gasteiger partial charge in [-0.25, -0.2) is 0 Å². The molecular formula is C18H19N5O2. The van der Waals surface area contributed by atoms with Crippen molar-refractivity contribution in [2.24, 2.45) is 10.7 Å². The van der Waals surface area contributed by atoms with Crippen molar-refractivity contribution < 1.29 is 9.84 Å². The summed E-state index contributed by atoms with van der Waals surface area (Å²) in [5.74, 6) is 0.603. The van der Waals surface area contributed by atoms with Gasteiger partial charge in [0.05, 0.1) is 6.04 Å². The fourth-order valence-corrected chi connectivity index (χ4v) is 3.01. The van der Waals surface area contributed by atoms with E-state index in [1.807, 2.05) is 30.3 Å². The van der Waals surface area contributed by atoms with Crippen molar-refractivity contribution >= 4 is 11.6 Å². The van der Waals surface area contributed by atoms with E-state index in [0.717, 1.165) is 0 Å². The molecular weight excluding hydrogens is 318 g/mol. The van der Waals surface area contributed by atoms with Gasteiger partial charge in [0.25, 0.3) is 0 Å². The highest BCUT2D eigenvalue weighted by Gasteiger charge is 2.46. The Morgan fingerprint density at radius 1 is 1.36 bits per heavy atom. The van der Waals surface area contributed by atoms with E-state index in [1.165, 1.54) is 0 Å². The second kappa shape index (κ2) is 6.42. The Morgan fingerprint density at radius 2 is 2.08 bits per heavy atom. The number of para-hydroxylation sites is 1. The van der Waals surface area contributed by atoms with Crippen LogP contribution in [0.15, 0.2) is 53.8 Å². The van der Waals surface area contributed by atoms with Gasteiger partial charge >= 0.3 is 0 Å². The number of pyridine rings is 1. The lowest BCUT2D eigenvalue weighted by molar-refractivity contribution is -0.0567. The molecule has 1 aliphatic heterocycles. The van der Waals surface area contributed by atoms with Gasteiger partial charge in [-0.2, -0.15) is 5.26 Å². The lowest BCUT2D eigenvalue weighted by Gasteiger charge is -2.46. The third-order valence-electron chi connectivity index (χ3n) is 4.24. The number of rotatable bonds is 2.